The predicted molar refractivity (Wildman–Crippen MR) is 118 cm³/mol. The van der Waals surface area contributed by atoms with E-state index >= 15 is 0 Å². The summed E-state index contributed by atoms with van der Waals surface area (Å²) in [7, 11) is 0. The number of carbonyl (C=O) groups is 2. The SMILES string of the molecule is O=C1NC(=S)N(c2ccc(Oc3ccccc3)cc2)C(=O)C1=Cc1cc(F)cnc1Cl. The van der Waals surface area contributed by atoms with Crippen LogP contribution in [0.5, 0.6) is 11.5 Å². The molecule has 2 amide bonds. The number of hydrogen-bond acceptors (Lipinski definition) is 5. The van der Waals surface area contributed by atoms with Gasteiger partial charge in [-0.1, -0.05) is 29.8 Å². The number of nitrogens with zero attached hydrogens (tertiary/aromatic N) is 2. The predicted octanol–water partition coefficient (Wildman–Crippen LogP) is 4.50. The minimum Gasteiger partial charge on any atom is -0.457 e. The number of nitrogens with one attached hydrogen (secondary N) is 1. The lowest BCUT2D eigenvalue weighted by Crippen LogP contribution is -2.54. The molecule has 1 N–H and O–H groups in total. The highest BCUT2D eigenvalue weighted by Crippen LogP contribution is 2.27. The number of para-hydroxylation sites is 1. The molecular weight excluding hydrogens is 441 g/mol. The van der Waals surface area contributed by atoms with E-state index in [0.717, 1.165) is 17.2 Å². The molecule has 1 fully saturated rings. The van der Waals surface area contributed by atoms with E-state index in [-0.39, 0.29) is 21.4 Å². The number of ether oxygens (including phenoxy) is 1. The first-order chi connectivity index (χ1) is 14.9. The first-order valence-corrected chi connectivity index (χ1v) is 9.76. The minimum atomic E-state index is -0.712. The first kappa shape index (κ1) is 20.6. The number of hydrogen-bond donors (Lipinski definition) is 1. The number of rotatable bonds is 4. The van der Waals surface area contributed by atoms with E-state index in [2.05, 4.69) is 10.3 Å². The Kier molecular flexibility index (Phi) is 5.75. The Morgan fingerprint density at radius 3 is 2.45 bits per heavy atom. The quantitative estimate of drug-likeness (QED) is 0.272. The van der Waals surface area contributed by atoms with E-state index in [1.807, 2.05) is 30.3 Å². The summed E-state index contributed by atoms with van der Waals surface area (Å²) in [6.45, 7) is 0. The molecule has 154 valence electrons. The smallest absolute Gasteiger partial charge is 0.270 e. The van der Waals surface area contributed by atoms with Crippen LogP contribution in [0.25, 0.3) is 6.08 Å². The molecule has 0 radical (unpaired) electrons. The van der Waals surface area contributed by atoms with Crippen LogP contribution in [0.3, 0.4) is 0 Å². The van der Waals surface area contributed by atoms with Crippen LogP contribution >= 0.6 is 23.8 Å². The van der Waals surface area contributed by atoms with E-state index in [4.69, 9.17) is 28.6 Å². The molecule has 1 saturated heterocycles. The Hall–Kier alpha value is -3.62. The fourth-order valence-corrected chi connectivity index (χ4v) is 3.31. The van der Waals surface area contributed by atoms with Gasteiger partial charge in [-0.3, -0.25) is 19.8 Å². The van der Waals surface area contributed by atoms with Crippen LogP contribution in [0.1, 0.15) is 5.56 Å². The number of carbonyl (C=O) groups excluding carboxylic acids is 2. The Balaban J connectivity index is 1.62. The molecule has 3 aromatic rings. The summed E-state index contributed by atoms with van der Waals surface area (Å²) < 4.78 is 19.3. The highest BCUT2D eigenvalue weighted by molar-refractivity contribution is 7.80. The largest absolute Gasteiger partial charge is 0.457 e. The second-order valence-corrected chi connectivity index (χ2v) is 7.15. The van der Waals surface area contributed by atoms with Gasteiger partial charge in [-0.05, 0) is 60.8 Å². The van der Waals surface area contributed by atoms with Crippen molar-refractivity contribution in [1.82, 2.24) is 10.3 Å². The van der Waals surface area contributed by atoms with Crippen LogP contribution in [-0.2, 0) is 9.59 Å². The van der Waals surface area contributed by atoms with Crippen molar-refractivity contribution in [3.05, 3.63) is 89.0 Å². The fourth-order valence-electron chi connectivity index (χ4n) is 2.87. The van der Waals surface area contributed by atoms with E-state index in [1.165, 1.54) is 6.08 Å². The van der Waals surface area contributed by atoms with Gasteiger partial charge in [0.2, 0.25) is 0 Å². The number of benzene rings is 2. The van der Waals surface area contributed by atoms with Crippen LogP contribution in [0.2, 0.25) is 5.15 Å². The molecule has 31 heavy (non-hydrogen) atoms. The molecule has 1 aliphatic rings. The molecule has 0 spiro atoms. The first-order valence-electron chi connectivity index (χ1n) is 8.98. The third-order valence-corrected chi connectivity index (χ3v) is 4.91. The van der Waals surface area contributed by atoms with Gasteiger partial charge < -0.3 is 4.74 Å². The van der Waals surface area contributed by atoms with Crippen molar-refractivity contribution in [1.29, 1.82) is 0 Å². The molecule has 6 nitrogen and oxygen atoms in total. The summed E-state index contributed by atoms with van der Waals surface area (Å²) >= 11 is 11.1. The summed E-state index contributed by atoms with van der Waals surface area (Å²) in [5.41, 5.74) is 0.261. The van der Waals surface area contributed by atoms with Crippen LogP contribution in [0.15, 0.2) is 72.4 Å². The number of halogens is 2. The molecule has 9 heteroatoms. The lowest BCUT2D eigenvalue weighted by molar-refractivity contribution is -0.122. The standard InChI is InChI=1S/C22H13ClFN3O3S/c23-19-13(10-14(24)12-25-19)11-18-20(28)26-22(31)27(21(18)29)15-6-8-17(9-7-15)30-16-4-2-1-3-5-16/h1-12H,(H,26,28,31). The number of thiocarbonyl (C=S) groups is 1. The van der Waals surface area contributed by atoms with Crippen LogP contribution in [0.4, 0.5) is 10.1 Å². The molecule has 0 unspecified atom stereocenters. The van der Waals surface area contributed by atoms with Crippen molar-refractivity contribution in [3.8, 4) is 11.5 Å². The maximum atomic E-state index is 13.5. The molecule has 0 saturated carbocycles. The zero-order valence-electron chi connectivity index (χ0n) is 15.7. The Morgan fingerprint density at radius 1 is 1.06 bits per heavy atom. The Labute approximate surface area is 186 Å². The topological polar surface area (TPSA) is 71.5 Å². The molecule has 0 atom stereocenters. The molecular formula is C22H13ClFN3O3S. The highest BCUT2D eigenvalue weighted by atomic mass is 35.5. The lowest BCUT2D eigenvalue weighted by atomic mass is 10.1. The molecule has 2 heterocycles. The lowest BCUT2D eigenvalue weighted by Gasteiger charge is -2.29. The third kappa shape index (κ3) is 4.45. The van der Waals surface area contributed by atoms with Crippen molar-refractivity contribution < 1.29 is 18.7 Å². The van der Waals surface area contributed by atoms with Gasteiger partial charge in [0.1, 0.15) is 28.0 Å². The van der Waals surface area contributed by atoms with Gasteiger partial charge in [-0.2, -0.15) is 0 Å². The average molecular weight is 454 g/mol. The van der Waals surface area contributed by atoms with Gasteiger partial charge in [0.25, 0.3) is 11.8 Å². The van der Waals surface area contributed by atoms with Gasteiger partial charge >= 0.3 is 0 Å². The van der Waals surface area contributed by atoms with E-state index in [1.54, 1.807) is 24.3 Å². The molecule has 2 aromatic carbocycles. The van der Waals surface area contributed by atoms with Crippen molar-refractivity contribution in [2.45, 2.75) is 0 Å². The third-order valence-electron chi connectivity index (χ3n) is 4.31. The van der Waals surface area contributed by atoms with E-state index in [9.17, 15) is 14.0 Å². The van der Waals surface area contributed by atoms with Gasteiger partial charge in [0.05, 0.1) is 11.9 Å². The Morgan fingerprint density at radius 2 is 1.74 bits per heavy atom. The minimum absolute atomic E-state index is 0.0448. The van der Waals surface area contributed by atoms with Crippen LogP contribution in [-0.4, -0.2) is 21.9 Å². The average Bonchev–Trinajstić information content (AvgIpc) is 2.75. The summed E-state index contributed by atoms with van der Waals surface area (Å²) in [5, 5.41) is 2.34. The van der Waals surface area contributed by atoms with Gasteiger partial charge in [0, 0.05) is 5.56 Å². The zero-order valence-corrected chi connectivity index (χ0v) is 17.3. The van der Waals surface area contributed by atoms with Crippen molar-refractivity contribution in [2.24, 2.45) is 0 Å². The molecule has 1 aromatic heterocycles. The maximum Gasteiger partial charge on any atom is 0.270 e. The summed E-state index contributed by atoms with van der Waals surface area (Å²) in [4.78, 5) is 30.2. The molecule has 0 aliphatic carbocycles. The van der Waals surface area contributed by atoms with Crippen molar-refractivity contribution >= 4 is 52.5 Å². The Bertz CT molecular complexity index is 1220. The normalized spacial score (nSPS) is 15.2. The second-order valence-electron chi connectivity index (χ2n) is 6.40. The molecule has 4 rings (SSSR count). The van der Waals surface area contributed by atoms with Gasteiger partial charge in [-0.15, -0.1) is 0 Å². The number of aromatic nitrogens is 1. The molecule has 1 aliphatic heterocycles. The van der Waals surface area contributed by atoms with Gasteiger partial charge in [-0.25, -0.2) is 9.37 Å². The molecule has 0 bridgehead atoms. The maximum absolute atomic E-state index is 13.5. The van der Waals surface area contributed by atoms with E-state index < -0.39 is 17.6 Å². The van der Waals surface area contributed by atoms with Gasteiger partial charge in [0.15, 0.2) is 5.11 Å². The number of amides is 2. The van der Waals surface area contributed by atoms with E-state index in [0.29, 0.717) is 17.2 Å². The summed E-state index contributed by atoms with van der Waals surface area (Å²) in [5.74, 6) is -0.816. The van der Waals surface area contributed by atoms with Crippen molar-refractivity contribution in [2.75, 3.05) is 4.90 Å². The van der Waals surface area contributed by atoms with Crippen LogP contribution < -0.4 is 15.0 Å². The monoisotopic (exact) mass is 453 g/mol. The summed E-state index contributed by atoms with van der Waals surface area (Å²) in [6, 6.07) is 16.9. The fraction of sp³-hybridized carbons (Fsp3) is 0. The summed E-state index contributed by atoms with van der Waals surface area (Å²) in [6.07, 6.45) is 2.12. The number of pyridine rings is 1. The second kappa shape index (κ2) is 8.63. The van der Waals surface area contributed by atoms with Crippen LogP contribution in [0, 0.1) is 5.82 Å². The highest BCUT2D eigenvalue weighted by Gasteiger charge is 2.34. The van der Waals surface area contributed by atoms with Crippen molar-refractivity contribution in [3.63, 3.8) is 0 Å². The number of anilines is 1. The zero-order chi connectivity index (χ0) is 22.0.